The molecule has 1 fully saturated rings. The average molecular weight is 383 g/mol. The Hall–Kier alpha value is -2.71. The van der Waals surface area contributed by atoms with Crippen LogP contribution in [-0.4, -0.2) is 29.8 Å². The number of nitrogens with zero attached hydrogens (tertiary/aromatic N) is 2. The molecule has 1 aromatic carbocycles. The summed E-state index contributed by atoms with van der Waals surface area (Å²) in [7, 11) is 3.29. The number of nitrogens with one attached hydrogen (secondary N) is 1. The van der Waals surface area contributed by atoms with Gasteiger partial charge in [-0.3, -0.25) is 14.6 Å². The van der Waals surface area contributed by atoms with E-state index >= 15 is 0 Å². The van der Waals surface area contributed by atoms with Crippen molar-refractivity contribution in [3.63, 3.8) is 0 Å². The molecule has 0 saturated heterocycles. The molecular formula is C18H17F4N3O2. The lowest BCUT2D eigenvalue weighted by Crippen LogP contribution is -2.23. The van der Waals surface area contributed by atoms with Crippen molar-refractivity contribution in [3.8, 4) is 0 Å². The van der Waals surface area contributed by atoms with Gasteiger partial charge in [0.05, 0.1) is 5.56 Å². The number of anilines is 1. The smallest absolute Gasteiger partial charge is 0.348 e. The normalized spacial score (nSPS) is 15.5. The summed E-state index contributed by atoms with van der Waals surface area (Å²) in [6, 6.07) is 3.43. The molecule has 0 unspecified atom stereocenters. The number of carbonyl (C=O) groups excluding carboxylic acids is 1. The Bertz CT molecular complexity index is 946. The van der Waals surface area contributed by atoms with E-state index in [1.165, 1.54) is 4.90 Å². The highest BCUT2D eigenvalue weighted by molar-refractivity contribution is 5.95. The van der Waals surface area contributed by atoms with Crippen molar-refractivity contribution < 1.29 is 22.4 Å². The first-order valence-electron chi connectivity index (χ1n) is 8.21. The number of Topliss-reactive ketones (excluding diaryl/α,β-unsaturated/α-hetero) is 1. The maximum absolute atomic E-state index is 14.3. The van der Waals surface area contributed by atoms with E-state index in [2.05, 4.69) is 9.97 Å². The van der Waals surface area contributed by atoms with Crippen molar-refractivity contribution in [2.24, 2.45) is 0 Å². The fraction of sp³-hybridized carbons (Fsp3) is 0.389. The number of aromatic amines is 1. The van der Waals surface area contributed by atoms with Crippen molar-refractivity contribution >= 4 is 11.7 Å². The fourth-order valence-corrected chi connectivity index (χ4v) is 3.01. The van der Waals surface area contributed by atoms with E-state index in [0.717, 1.165) is 18.2 Å². The summed E-state index contributed by atoms with van der Waals surface area (Å²) in [6.45, 7) is 0. The lowest BCUT2D eigenvalue weighted by molar-refractivity contribution is -0.137. The van der Waals surface area contributed by atoms with Gasteiger partial charge < -0.3 is 4.90 Å². The summed E-state index contributed by atoms with van der Waals surface area (Å²) in [5, 5.41) is 0. The van der Waals surface area contributed by atoms with Crippen LogP contribution in [0.3, 0.4) is 0 Å². The Labute approximate surface area is 152 Å². The van der Waals surface area contributed by atoms with Crippen LogP contribution in [0.25, 0.3) is 0 Å². The van der Waals surface area contributed by atoms with Crippen LogP contribution >= 0.6 is 0 Å². The molecule has 0 radical (unpaired) electrons. The Morgan fingerprint density at radius 3 is 2.44 bits per heavy atom. The van der Waals surface area contributed by atoms with Crippen LogP contribution in [0.1, 0.15) is 40.9 Å². The monoisotopic (exact) mass is 383 g/mol. The zero-order valence-corrected chi connectivity index (χ0v) is 14.7. The highest BCUT2D eigenvalue weighted by atomic mass is 19.4. The molecular weight excluding hydrogens is 366 g/mol. The second-order valence-corrected chi connectivity index (χ2v) is 6.92. The van der Waals surface area contributed by atoms with Crippen LogP contribution in [0.15, 0.2) is 29.1 Å². The summed E-state index contributed by atoms with van der Waals surface area (Å²) in [5.41, 5.74) is -2.39. The number of hydrogen-bond acceptors (Lipinski definition) is 4. The predicted molar refractivity (Wildman–Crippen MR) is 90.4 cm³/mol. The molecule has 0 aliphatic heterocycles. The van der Waals surface area contributed by atoms with Crippen LogP contribution in [-0.2, 0) is 11.6 Å². The average Bonchev–Trinajstić information content (AvgIpc) is 3.33. The number of H-pyrrole nitrogens is 1. The first-order chi connectivity index (χ1) is 12.5. The number of benzene rings is 1. The van der Waals surface area contributed by atoms with Gasteiger partial charge in [-0.05, 0) is 30.5 Å². The van der Waals surface area contributed by atoms with Crippen LogP contribution in [0.4, 0.5) is 23.5 Å². The Morgan fingerprint density at radius 2 is 1.93 bits per heavy atom. The van der Waals surface area contributed by atoms with Crippen molar-refractivity contribution in [2.75, 3.05) is 19.0 Å². The second-order valence-electron chi connectivity index (χ2n) is 6.92. The molecule has 0 spiro atoms. The second kappa shape index (κ2) is 6.47. The molecule has 2 aromatic rings. The van der Waals surface area contributed by atoms with Gasteiger partial charge in [0, 0.05) is 32.0 Å². The molecule has 0 atom stereocenters. The minimum Gasteiger partial charge on any atom is -0.348 e. The van der Waals surface area contributed by atoms with Crippen molar-refractivity contribution in [1.29, 1.82) is 0 Å². The molecule has 1 saturated carbocycles. The van der Waals surface area contributed by atoms with E-state index in [1.807, 2.05) is 0 Å². The van der Waals surface area contributed by atoms with E-state index in [-0.39, 0.29) is 23.6 Å². The van der Waals surface area contributed by atoms with E-state index in [9.17, 15) is 27.2 Å². The highest BCUT2D eigenvalue weighted by Crippen LogP contribution is 2.52. The molecule has 1 N–H and O–H groups in total. The molecule has 1 heterocycles. The van der Waals surface area contributed by atoms with Crippen molar-refractivity contribution in [3.05, 3.63) is 57.3 Å². The number of carbonyl (C=O) groups is 1. The Balaban J connectivity index is 1.88. The largest absolute Gasteiger partial charge is 0.416 e. The fourth-order valence-electron chi connectivity index (χ4n) is 3.01. The molecule has 1 aliphatic rings. The first kappa shape index (κ1) is 19.1. The summed E-state index contributed by atoms with van der Waals surface area (Å²) < 4.78 is 52.5. The molecule has 5 nitrogen and oxygen atoms in total. The number of aromatic nitrogens is 2. The topological polar surface area (TPSA) is 66.1 Å². The third-order valence-electron chi connectivity index (χ3n) is 4.66. The highest BCUT2D eigenvalue weighted by Gasteiger charge is 2.48. The van der Waals surface area contributed by atoms with Crippen LogP contribution < -0.4 is 10.5 Å². The zero-order valence-electron chi connectivity index (χ0n) is 14.7. The molecule has 1 aliphatic carbocycles. The Kier molecular flexibility index (Phi) is 4.57. The number of hydrogen-bond donors (Lipinski definition) is 1. The van der Waals surface area contributed by atoms with Gasteiger partial charge in [-0.1, -0.05) is 6.07 Å². The standard InChI is InChI=1S/C18H17F4N3O2/c1-25(2)16-23-13(8-15(27)24-16)14(26)9-17(5-6-17)11-4-3-10(7-12(11)19)18(20,21)22/h3-4,7-8H,5-6,9H2,1-2H3,(H,23,24,27). The van der Waals surface area contributed by atoms with E-state index in [1.54, 1.807) is 14.1 Å². The molecule has 3 rings (SSSR count). The van der Waals surface area contributed by atoms with Gasteiger partial charge in [0.25, 0.3) is 5.56 Å². The summed E-state index contributed by atoms with van der Waals surface area (Å²) >= 11 is 0. The van der Waals surface area contributed by atoms with Gasteiger partial charge in [-0.2, -0.15) is 13.2 Å². The third kappa shape index (κ3) is 3.86. The lowest BCUT2D eigenvalue weighted by Gasteiger charge is -2.17. The lowest BCUT2D eigenvalue weighted by atomic mass is 9.88. The number of halogens is 4. The predicted octanol–water partition coefficient (Wildman–Crippen LogP) is 3.30. The molecule has 0 amide bonds. The van der Waals surface area contributed by atoms with Gasteiger partial charge in [0.15, 0.2) is 5.78 Å². The third-order valence-corrected chi connectivity index (χ3v) is 4.66. The van der Waals surface area contributed by atoms with Gasteiger partial charge in [0.1, 0.15) is 11.5 Å². The zero-order chi connectivity index (χ0) is 20.0. The molecule has 0 bridgehead atoms. The van der Waals surface area contributed by atoms with E-state index in [4.69, 9.17) is 0 Å². The van der Waals surface area contributed by atoms with Crippen molar-refractivity contribution in [1.82, 2.24) is 9.97 Å². The van der Waals surface area contributed by atoms with Crippen molar-refractivity contribution in [2.45, 2.75) is 30.9 Å². The summed E-state index contributed by atoms with van der Waals surface area (Å²) in [5.74, 6) is -1.24. The summed E-state index contributed by atoms with van der Waals surface area (Å²) in [4.78, 5) is 32.4. The number of alkyl halides is 3. The van der Waals surface area contributed by atoms with Gasteiger partial charge in [-0.15, -0.1) is 0 Å². The maximum atomic E-state index is 14.3. The molecule has 1 aromatic heterocycles. The van der Waals surface area contributed by atoms with Crippen LogP contribution in [0, 0.1) is 5.82 Å². The maximum Gasteiger partial charge on any atom is 0.416 e. The SMILES string of the molecule is CN(C)c1nc(C(=O)CC2(c3ccc(C(F)(F)F)cc3F)CC2)cc(=O)[nH]1. The van der Waals surface area contributed by atoms with E-state index in [0.29, 0.717) is 18.9 Å². The van der Waals surface area contributed by atoms with E-state index < -0.39 is 34.3 Å². The summed E-state index contributed by atoms with van der Waals surface area (Å²) in [6.07, 6.45) is -3.81. The first-order valence-corrected chi connectivity index (χ1v) is 8.21. The molecule has 27 heavy (non-hydrogen) atoms. The van der Waals surface area contributed by atoms with Crippen LogP contribution in [0.5, 0.6) is 0 Å². The molecule has 144 valence electrons. The Morgan fingerprint density at radius 1 is 1.26 bits per heavy atom. The molecule has 9 heteroatoms. The quantitative estimate of drug-likeness (QED) is 0.636. The number of rotatable bonds is 5. The van der Waals surface area contributed by atoms with Gasteiger partial charge in [-0.25, -0.2) is 9.37 Å². The van der Waals surface area contributed by atoms with Gasteiger partial charge in [0.2, 0.25) is 5.95 Å². The minimum atomic E-state index is -4.64. The number of ketones is 1. The minimum absolute atomic E-state index is 0.0546. The van der Waals surface area contributed by atoms with Crippen LogP contribution in [0.2, 0.25) is 0 Å². The van der Waals surface area contributed by atoms with Gasteiger partial charge >= 0.3 is 6.18 Å².